The van der Waals surface area contributed by atoms with Crippen LogP contribution in [0.2, 0.25) is 0 Å². The van der Waals surface area contributed by atoms with Crippen molar-refractivity contribution < 1.29 is 9.53 Å². The number of H-pyrrole nitrogens is 1. The van der Waals surface area contributed by atoms with E-state index in [4.69, 9.17) is 4.74 Å². The van der Waals surface area contributed by atoms with Gasteiger partial charge in [-0.15, -0.1) is 0 Å². The Bertz CT molecular complexity index is 855. The van der Waals surface area contributed by atoms with Crippen LogP contribution < -0.4 is 10.2 Å². The monoisotopic (exact) mass is 334 g/mol. The molecule has 3 rings (SSSR count). The average Bonchev–Trinajstić information content (AvgIpc) is 3.14. The highest BCUT2D eigenvalue weighted by molar-refractivity contribution is 5.94. The van der Waals surface area contributed by atoms with Crippen molar-refractivity contribution >= 4 is 12.1 Å². The molecule has 0 saturated heterocycles. The maximum absolute atomic E-state index is 12.1. The van der Waals surface area contributed by atoms with E-state index in [0.29, 0.717) is 18.0 Å². The SMILES string of the molecule is CCOc1ccc(-c2cc(C(=O)N/N=C\c3ccccc3)[nH]n2)cc1. The van der Waals surface area contributed by atoms with Crippen molar-refractivity contribution in [3.05, 3.63) is 71.9 Å². The Morgan fingerprint density at radius 3 is 2.68 bits per heavy atom. The number of ether oxygens (including phenoxy) is 1. The number of benzene rings is 2. The number of hydrogen-bond acceptors (Lipinski definition) is 4. The minimum atomic E-state index is -0.350. The second-order valence-electron chi connectivity index (χ2n) is 5.23. The Balaban J connectivity index is 1.64. The van der Waals surface area contributed by atoms with Crippen molar-refractivity contribution in [2.24, 2.45) is 5.10 Å². The van der Waals surface area contributed by atoms with Gasteiger partial charge in [-0.3, -0.25) is 9.89 Å². The molecule has 0 saturated carbocycles. The molecule has 25 heavy (non-hydrogen) atoms. The van der Waals surface area contributed by atoms with Crippen LogP contribution in [0.5, 0.6) is 5.75 Å². The molecule has 6 heteroatoms. The third kappa shape index (κ3) is 4.32. The van der Waals surface area contributed by atoms with E-state index in [1.807, 2.05) is 61.5 Å². The van der Waals surface area contributed by atoms with Crippen LogP contribution in [0, 0.1) is 0 Å². The first-order valence-electron chi connectivity index (χ1n) is 7.93. The lowest BCUT2D eigenvalue weighted by Crippen LogP contribution is -2.17. The van der Waals surface area contributed by atoms with Gasteiger partial charge in [-0.1, -0.05) is 30.3 Å². The van der Waals surface area contributed by atoms with Gasteiger partial charge in [0, 0.05) is 5.56 Å². The lowest BCUT2D eigenvalue weighted by molar-refractivity contribution is 0.0950. The van der Waals surface area contributed by atoms with Gasteiger partial charge in [0.25, 0.3) is 5.91 Å². The number of hydrogen-bond donors (Lipinski definition) is 2. The van der Waals surface area contributed by atoms with Crippen molar-refractivity contribution in [1.82, 2.24) is 15.6 Å². The van der Waals surface area contributed by atoms with E-state index in [9.17, 15) is 4.79 Å². The van der Waals surface area contributed by atoms with Crippen LogP contribution >= 0.6 is 0 Å². The van der Waals surface area contributed by atoms with E-state index in [1.165, 1.54) is 0 Å². The maximum Gasteiger partial charge on any atom is 0.289 e. The number of carbonyl (C=O) groups excluding carboxylic acids is 1. The molecule has 1 heterocycles. The quantitative estimate of drug-likeness (QED) is 0.536. The van der Waals surface area contributed by atoms with E-state index >= 15 is 0 Å². The highest BCUT2D eigenvalue weighted by Crippen LogP contribution is 2.21. The van der Waals surface area contributed by atoms with Crippen LogP contribution in [0.3, 0.4) is 0 Å². The van der Waals surface area contributed by atoms with Gasteiger partial charge >= 0.3 is 0 Å². The number of amides is 1. The van der Waals surface area contributed by atoms with Crippen molar-refractivity contribution in [3.63, 3.8) is 0 Å². The van der Waals surface area contributed by atoms with E-state index in [2.05, 4.69) is 20.7 Å². The van der Waals surface area contributed by atoms with Gasteiger partial charge in [0.15, 0.2) is 0 Å². The lowest BCUT2D eigenvalue weighted by atomic mass is 10.1. The third-order valence-electron chi connectivity index (χ3n) is 3.46. The van der Waals surface area contributed by atoms with Gasteiger partial charge < -0.3 is 4.74 Å². The standard InChI is InChI=1S/C19H18N4O2/c1-2-25-16-10-8-15(9-11-16)17-12-18(22-21-17)19(24)23-20-13-14-6-4-3-5-7-14/h3-13H,2H2,1H3,(H,21,22)(H,23,24)/b20-13-. The highest BCUT2D eigenvalue weighted by Gasteiger charge is 2.10. The summed E-state index contributed by atoms with van der Waals surface area (Å²) < 4.78 is 5.41. The van der Waals surface area contributed by atoms with Gasteiger partial charge in [-0.05, 0) is 42.8 Å². The second kappa shape index (κ2) is 7.92. The predicted octanol–water partition coefficient (Wildman–Crippen LogP) is 3.24. The zero-order chi connectivity index (χ0) is 17.5. The Morgan fingerprint density at radius 2 is 1.96 bits per heavy atom. The number of aromatic nitrogens is 2. The number of nitrogens with zero attached hydrogens (tertiary/aromatic N) is 2. The molecule has 0 spiro atoms. The van der Waals surface area contributed by atoms with Crippen molar-refractivity contribution in [2.75, 3.05) is 6.61 Å². The predicted molar refractivity (Wildman–Crippen MR) is 96.7 cm³/mol. The fraction of sp³-hybridized carbons (Fsp3) is 0.105. The summed E-state index contributed by atoms with van der Waals surface area (Å²) in [6, 6.07) is 18.8. The molecule has 1 amide bonds. The van der Waals surface area contributed by atoms with E-state index in [1.54, 1.807) is 12.3 Å². The summed E-state index contributed by atoms with van der Waals surface area (Å²) in [5.41, 5.74) is 5.30. The van der Waals surface area contributed by atoms with Crippen LogP contribution in [0.1, 0.15) is 23.0 Å². The summed E-state index contributed by atoms with van der Waals surface area (Å²) in [6.45, 7) is 2.56. The summed E-state index contributed by atoms with van der Waals surface area (Å²) in [6.07, 6.45) is 1.58. The Morgan fingerprint density at radius 1 is 1.20 bits per heavy atom. The zero-order valence-electron chi connectivity index (χ0n) is 13.8. The molecule has 0 fully saturated rings. The average molecular weight is 334 g/mol. The molecule has 2 N–H and O–H groups in total. The zero-order valence-corrected chi connectivity index (χ0v) is 13.8. The van der Waals surface area contributed by atoms with E-state index in [-0.39, 0.29) is 5.91 Å². The molecular weight excluding hydrogens is 316 g/mol. The van der Waals surface area contributed by atoms with Crippen LogP contribution in [-0.2, 0) is 0 Å². The topological polar surface area (TPSA) is 79.4 Å². The Labute approximate surface area is 145 Å². The minimum Gasteiger partial charge on any atom is -0.494 e. The van der Waals surface area contributed by atoms with Gasteiger partial charge in [0.1, 0.15) is 11.4 Å². The van der Waals surface area contributed by atoms with Gasteiger partial charge in [-0.2, -0.15) is 10.2 Å². The summed E-state index contributed by atoms with van der Waals surface area (Å²) in [4.78, 5) is 12.1. The number of carbonyl (C=O) groups is 1. The molecule has 3 aromatic rings. The van der Waals surface area contributed by atoms with Crippen LogP contribution in [0.15, 0.2) is 65.8 Å². The van der Waals surface area contributed by atoms with Gasteiger partial charge in [-0.25, -0.2) is 5.43 Å². The maximum atomic E-state index is 12.1. The van der Waals surface area contributed by atoms with Crippen LogP contribution in [0.4, 0.5) is 0 Å². The first-order chi connectivity index (χ1) is 12.3. The molecule has 0 aliphatic heterocycles. The number of aromatic amines is 1. The Kier molecular flexibility index (Phi) is 5.21. The summed E-state index contributed by atoms with van der Waals surface area (Å²) >= 11 is 0. The highest BCUT2D eigenvalue weighted by atomic mass is 16.5. The molecule has 0 aliphatic carbocycles. The van der Waals surface area contributed by atoms with Crippen LogP contribution in [0.25, 0.3) is 11.3 Å². The summed E-state index contributed by atoms with van der Waals surface area (Å²) in [5.74, 6) is 0.451. The molecule has 0 unspecified atom stereocenters. The fourth-order valence-electron chi connectivity index (χ4n) is 2.24. The molecule has 0 bridgehead atoms. The van der Waals surface area contributed by atoms with Crippen molar-refractivity contribution in [3.8, 4) is 17.0 Å². The third-order valence-corrected chi connectivity index (χ3v) is 3.46. The normalized spacial score (nSPS) is 10.8. The van der Waals surface area contributed by atoms with E-state index < -0.39 is 0 Å². The minimum absolute atomic E-state index is 0.342. The molecule has 126 valence electrons. The largest absolute Gasteiger partial charge is 0.494 e. The second-order valence-corrected chi connectivity index (χ2v) is 5.23. The molecule has 2 aromatic carbocycles. The van der Waals surface area contributed by atoms with Gasteiger partial charge in [0.2, 0.25) is 0 Å². The molecule has 1 aromatic heterocycles. The number of hydrazone groups is 1. The Hall–Kier alpha value is -3.41. The fourth-order valence-corrected chi connectivity index (χ4v) is 2.24. The summed E-state index contributed by atoms with van der Waals surface area (Å²) in [7, 11) is 0. The molecule has 0 atom stereocenters. The van der Waals surface area contributed by atoms with Crippen molar-refractivity contribution in [2.45, 2.75) is 6.92 Å². The first-order valence-corrected chi connectivity index (χ1v) is 7.93. The smallest absolute Gasteiger partial charge is 0.289 e. The van der Waals surface area contributed by atoms with E-state index in [0.717, 1.165) is 16.9 Å². The lowest BCUT2D eigenvalue weighted by Gasteiger charge is -2.02. The molecule has 0 aliphatic rings. The molecule has 6 nitrogen and oxygen atoms in total. The number of nitrogens with one attached hydrogen (secondary N) is 2. The molecule has 0 radical (unpaired) electrons. The first kappa shape index (κ1) is 16.4. The van der Waals surface area contributed by atoms with Gasteiger partial charge in [0.05, 0.1) is 18.5 Å². The van der Waals surface area contributed by atoms with Crippen molar-refractivity contribution in [1.29, 1.82) is 0 Å². The summed E-state index contributed by atoms with van der Waals surface area (Å²) in [5, 5.41) is 10.8. The number of rotatable bonds is 6. The van der Waals surface area contributed by atoms with Crippen LogP contribution in [-0.4, -0.2) is 28.9 Å². The molecular formula is C19H18N4O2.